The molecule has 34 heavy (non-hydrogen) atoms. The van der Waals surface area contributed by atoms with E-state index in [9.17, 15) is 19.2 Å². The summed E-state index contributed by atoms with van der Waals surface area (Å²) in [6.07, 6.45) is 3.21. The van der Waals surface area contributed by atoms with E-state index in [0.717, 1.165) is 6.08 Å². The van der Waals surface area contributed by atoms with E-state index in [0.29, 0.717) is 16.3 Å². The van der Waals surface area contributed by atoms with Gasteiger partial charge in [-0.05, 0) is 59.0 Å². The van der Waals surface area contributed by atoms with Crippen molar-refractivity contribution in [2.24, 2.45) is 0 Å². The zero-order valence-corrected chi connectivity index (χ0v) is 18.0. The maximum Gasteiger partial charge on any atom is 0.335 e. The summed E-state index contributed by atoms with van der Waals surface area (Å²) in [5.74, 6) is -3.96. The van der Waals surface area contributed by atoms with Gasteiger partial charge in [-0.3, -0.25) is 14.4 Å². The molecule has 3 rings (SSSR count). The zero-order valence-electron chi connectivity index (χ0n) is 17.3. The number of aromatic carboxylic acids is 1. The van der Waals surface area contributed by atoms with Crippen molar-refractivity contribution in [1.29, 1.82) is 0 Å². The molecule has 0 unspecified atom stereocenters. The number of rotatable bonds is 9. The summed E-state index contributed by atoms with van der Waals surface area (Å²) in [4.78, 5) is 47.2. The second-order valence-electron chi connectivity index (χ2n) is 6.82. The number of carbonyl (C=O) groups is 4. The van der Waals surface area contributed by atoms with Crippen molar-refractivity contribution in [2.45, 2.75) is 12.5 Å². The molecule has 3 aromatic rings. The van der Waals surface area contributed by atoms with Crippen LogP contribution in [0.3, 0.4) is 0 Å². The van der Waals surface area contributed by atoms with Crippen LogP contribution in [0, 0.1) is 0 Å². The first kappa shape index (κ1) is 24.1. The van der Waals surface area contributed by atoms with E-state index in [-0.39, 0.29) is 11.3 Å². The molecule has 0 radical (unpaired) electrons. The van der Waals surface area contributed by atoms with Crippen LogP contribution in [0.2, 0.25) is 5.02 Å². The molecule has 2 amide bonds. The molecule has 13 heteroatoms. The summed E-state index contributed by atoms with van der Waals surface area (Å²) >= 11 is 6.03. The van der Waals surface area contributed by atoms with Crippen molar-refractivity contribution < 1.29 is 29.4 Å². The highest BCUT2D eigenvalue weighted by Gasteiger charge is 2.23. The molecule has 0 spiro atoms. The maximum atomic E-state index is 12.6. The summed E-state index contributed by atoms with van der Waals surface area (Å²) in [5, 5.41) is 34.2. The number of benzene rings is 2. The highest BCUT2D eigenvalue weighted by atomic mass is 35.5. The summed E-state index contributed by atoms with van der Waals surface area (Å²) in [7, 11) is 0. The number of carboxylic acid groups (broad SMARTS) is 2. The molecule has 4 N–H and O–H groups in total. The second-order valence-corrected chi connectivity index (χ2v) is 7.26. The zero-order chi connectivity index (χ0) is 24.7. The van der Waals surface area contributed by atoms with Gasteiger partial charge >= 0.3 is 11.9 Å². The van der Waals surface area contributed by atoms with E-state index in [1.165, 1.54) is 41.4 Å². The van der Waals surface area contributed by atoms with Crippen molar-refractivity contribution in [2.75, 3.05) is 5.32 Å². The summed E-state index contributed by atoms with van der Waals surface area (Å²) in [6, 6.07) is 8.69. The van der Waals surface area contributed by atoms with Crippen molar-refractivity contribution in [3.8, 4) is 5.69 Å². The maximum absolute atomic E-state index is 12.6. The minimum absolute atomic E-state index is 0.0144. The average molecular weight is 485 g/mol. The Balaban J connectivity index is 1.73. The lowest BCUT2D eigenvalue weighted by Gasteiger charge is -2.16. The Morgan fingerprint density at radius 3 is 2.44 bits per heavy atom. The lowest BCUT2D eigenvalue weighted by molar-refractivity contribution is -0.139. The van der Waals surface area contributed by atoms with Crippen LogP contribution in [-0.2, 0) is 14.4 Å². The second kappa shape index (κ2) is 10.8. The van der Waals surface area contributed by atoms with Crippen molar-refractivity contribution >= 4 is 47.1 Å². The Kier molecular flexibility index (Phi) is 7.67. The number of hydrogen-bond acceptors (Lipinski definition) is 7. The summed E-state index contributed by atoms with van der Waals surface area (Å²) < 4.78 is 1.37. The van der Waals surface area contributed by atoms with Crippen LogP contribution in [0.5, 0.6) is 0 Å². The smallest absolute Gasteiger partial charge is 0.335 e. The minimum atomic E-state index is -1.40. The molecule has 1 aromatic heterocycles. The van der Waals surface area contributed by atoms with E-state index in [2.05, 4.69) is 26.2 Å². The number of nitrogens with zero attached hydrogens (tertiary/aromatic N) is 4. The molecule has 0 saturated heterocycles. The molecule has 1 atom stereocenters. The monoisotopic (exact) mass is 484 g/mol. The number of aliphatic carboxylic acids is 1. The van der Waals surface area contributed by atoms with Gasteiger partial charge in [0.1, 0.15) is 12.4 Å². The molecule has 0 fully saturated rings. The third-order valence-electron chi connectivity index (χ3n) is 4.41. The number of tetrazole rings is 1. The predicted molar refractivity (Wildman–Crippen MR) is 119 cm³/mol. The third-order valence-corrected chi connectivity index (χ3v) is 4.65. The topological polar surface area (TPSA) is 176 Å². The van der Waals surface area contributed by atoms with Gasteiger partial charge in [0.05, 0.1) is 17.7 Å². The number of aromatic nitrogens is 4. The third kappa shape index (κ3) is 6.46. The van der Waals surface area contributed by atoms with Gasteiger partial charge < -0.3 is 20.8 Å². The first-order chi connectivity index (χ1) is 16.2. The number of halogens is 1. The van der Waals surface area contributed by atoms with Gasteiger partial charge in [0.15, 0.2) is 0 Å². The van der Waals surface area contributed by atoms with E-state index >= 15 is 0 Å². The first-order valence-corrected chi connectivity index (χ1v) is 9.98. The molecule has 2 aromatic carbocycles. The highest BCUT2D eigenvalue weighted by molar-refractivity contribution is 6.30. The van der Waals surface area contributed by atoms with E-state index in [4.69, 9.17) is 21.8 Å². The molecule has 1 heterocycles. The fourth-order valence-corrected chi connectivity index (χ4v) is 3.01. The average Bonchev–Trinajstić information content (AvgIpc) is 3.32. The molecule has 0 aliphatic carbocycles. The van der Waals surface area contributed by atoms with Crippen molar-refractivity contribution in [3.05, 3.63) is 71.0 Å². The summed E-state index contributed by atoms with van der Waals surface area (Å²) in [6.45, 7) is 0. The van der Waals surface area contributed by atoms with Gasteiger partial charge in [-0.25, -0.2) is 4.79 Å². The molecular formula is C21H17ClN6O6. The quantitative estimate of drug-likeness (QED) is 0.328. The van der Waals surface area contributed by atoms with E-state index < -0.39 is 36.2 Å². The van der Waals surface area contributed by atoms with Crippen LogP contribution in [0.4, 0.5) is 5.69 Å². The van der Waals surface area contributed by atoms with Crippen LogP contribution >= 0.6 is 11.6 Å². The van der Waals surface area contributed by atoms with Gasteiger partial charge in [-0.2, -0.15) is 4.68 Å². The van der Waals surface area contributed by atoms with Crippen LogP contribution in [0.25, 0.3) is 11.8 Å². The first-order valence-electron chi connectivity index (χ1n) is 9.60. The highest BCUT2D eigenvalue weighted by Crippen LogP contribution is 2.20. The Labute approximate surface area is 196 Å². The Bertz CT molecular complexity index is 1240. The Hall–Kier alpha value is -4.58. The Morgan fingerprint density at radius 1 is 1.09 bits per heavy atom. The fourth-order valence-electron chi connectivity index (χ4n) is 2.83. The van der Waals surface area contributed by atoms with Crippen LogP contribution < -0.4 is 10.6 Å². The number of carboxylic acids is 2. The summed E-state index contributed by atoms with van der Waals surface area (Å²) in [5.41, 5.74) is 1.27. The lowest BCUT2D eigenvalue weighted by Crippen LogP contribution is -2.44. The van der Waals surface area contributed by atoms with Crippen LogP contribution in [0.15, 0.2) is 54.9 Å². The molecular weight excluding hydrogens is 468 g/mol. The predicted octanol–water partition coefficient (Wildman–Crippen LogP) is 1.63. The molecule has 0 aliphatic rings. The fraction of sp³-hybridized carbons (Fsp3) is 0.0952. The van der Waals surface area contributed by atoms with Crippen molar-refractivity contribution in [3.63, 3.8) is 0 Å². The van der Waals surface area contributed by atoms with E-state index in [1.807, 2.05) is 0 Å². The number of amides is 2. The van der Waals surface area contributed by atoms with Gasteiger partial charge in [0.2, 0.25) is 11.8 Å². The molecule has 174 valence electrons. The lowest BCUT2D eigenvalue weighted by atomic mass is 10.1. The standard InChI is InChI=1S/C21H17ClN6O6/c22-14-4-7-17(28-11-23-26-27-28)13(9-14)3-8-18(29)25-16(10-19(30)31)20(32)24-15-5-1-12(2-6-15)21(33)34/h1-9,11,16H,10H2,(H,24,32)(H,25,29)(H,30,31)(H,33,34)/t16-/m0/s1. The van der Waals surface area contributed by atoms with Gasteiger partial charge in [0.25, 0.3) is 0 Å². The van der Waals surface area contributed by atoms with Gasteiger partial charge in [0, 0.05) is 22.3 Å². The minimum Gasteiger partial charge on any atom is -0.481 e. The number of carbonyl (C=O) groups excluding carboxylic acids is 2. The van der Waals surface area contributed by atoms with Crippen LogP contribution in [0.1, 0.15) is 22.3 Å². The molecule has 12 nitrogen and oxygen atoms in total. The number of hydrogen-bond donors (Lipinski definition) is 4. The van der Waals surface area contributed by atoms with Crippen molar-refractivity contribution in [1.82, 2.24) is 25.5 Å². The SMILES string of the molecule is O=C(O)C[C@H](NC(=O)C=Cc1cc(Cl)ccc1-n1cnnn1)C(=O)Nc1ccc(C(=O)O)cc1. The Morgan fingerprint density at radius 2 is 1.82 bits per heavy atom. The normalized spacial score (nSPS) is 11.7. The number of anilines is 1. The largest absolute Gasteiger partial charge is 0.481 e. The van der Waals surface area contributed by atoms with Crippen LogP contribution in [-0.4, -0.2) is 60.2 Å². The molecule has 0 bridgehead atoms. The molecule has 0 saturated carbocycles. The van der Waals surface area contributed by atoms with Gasteiger partial charge in [-0.1, -0.05) is 11.6 Å². The van der Waals surface area contributed by atoms with Gasteiger partial charge in [-0.15, -0.1) is 5.10 Å². The van der Waals surface area contributed by atoms with E-state index in [1.54, 1.807) is 18.2 Å². The number of nitrogens with one attached hydrogen (secondary N) is 2. The molecule has 0 aliphatic heterocycles.